The molecule has 4 rings (SSSR count). The third-order valence-corrected chi connectivity index (χ3v) is 5.90. The first-order valence-electron chi connectivity index (χ1n) is 10.7. The van der Waals surface area contributed by atoms with Crippen LogP contribution in [0, 0.1) is 0 Å². The SMILES string of the molecule is O=c1c(OC2O[C@H](CO)[C@H](O)[C@H](O)[C@H]2O)c(-c2ccc(O)c(O)c2)oc2cc(OCCBr)cc(O)c12. The summed E-state index contributed by atoms with van der Waals surface area (Å²) < 4.78 is 22.3. The van der Waals surface area contributed by atoms with Crippen molar-refractivity contribution in [3.05, 3.63) is 40.6 Å². The molecule has 1 aliphatic rings. The molecule has 5 atom stereocenters. The van der Waals surface area contributed by atoms with Gasteiger partial charge in [-0.15, -0.1) is 0 Å². The van der Waals surface area contributed by atoms with E-state index in [1.165, 1.54) is 18.2 Å². The Balaban J connectivity index is 1.89. The number of phenolic OH excluding ortho intramolecular Hbond substituents is 3. The van der Waals surface area contributed by atoms with E-state index >= 15 is 0 Å². The maximum Gasteiger partial charge on any atom is 0.239 e. The number of fused-ring (bicyclic) bond motifs is 1. The molecule has 36 heavy (non-hydrogen) atoms. The van der Waals surface area contributed by atoms with Gasteiger partial charge in [-0.1, -0.05) is 15.9 Å². The van der Waals surface area contributed by atoms with Gasteiger partial charge in [0, 0.05) is 23.0 Å². The largest absolute Gasteiger partial charge is 0.507 e. The van der Waals surface area contributed by atoms with Gasteiger partial charge in [-0.3, -0.25) is 4.79 Å². The molecule has 2 aromatic carbocycles. The summed E-state index contributed by atoms with van der Waals surface area (Å²) in [6.07, 6.45) is -8.34. The number of hydrogen-bond donors (Lipinski definition) is 7. The van der Waals surface area contributed by atoms with Crippen molar-refractivity contribution in [3.8, 4) is 40.1 Å². The molecule has 3 aromatic rings. The Labute approximate surface area is 211 Å². The van der Waals surface area contributed by atoms with Crippen LogP contribution in [-0.4, -0.2) is 85.0 Å². The molecule has 13 heteroatoms. The normalized spacial score (nSPS) is 24.1. The van der Waals surface area contributed by atoms with Crippen molar-refractivity contribution < 1.29 is 54.4 Å². The van der Waals surface area contributed by atoms with Gasteiger partial charge < -0.3 is 54.4 Å². The Kier molecular flexibility index (Phi) is 7.59. The lowest BCUT2D eigenvalue weighted by molar-refractivity contribution is -0.277. The Morgan fingerprint density at radius 2 is 1.69 bits per heavy atom. The molecule has 7 N–H and O–H groups in total. The van der Waals surface area contributed by atoms with Crippen molar-refractivity contribution in [1.82, 2.24) is 0 Å². The van der Waals surface area contributed by atoms with E-state index in [-0.39, 0.29) is 34.6 Å². The zero-order valence-corrected chi connectivity index (χ0v) is 20.0. The average Bonchev–Trinajstić information content (AvgIpc) is 2.85. The second kappa shape index (κ2) is 10.5. The summed E-state index contributed by atoms with van der Waals surface area (Å²) in [5, 5.41) is 70.4. The molecule has 1 fully saturated rings. The third-order valence-electron chi connectivity index (χ3n) is 5.57. The number of aliphatic hydroxyl groups excluding tert-OH is 4. The van der Waals surface area contributed by atoms with Crippen molar-refractivity contribution in [2.45, 2.75) is 30.7 Å². The van der Waals surface area contributed by atoms with Gasteiger partial charge in [0.15, 0.2) is 17.3 Å². The third kappa shape index (κ3) is 4.81. The summed E-state index contributed by atoms with van der Waals surface area (Å²) in [5.41, 5.74) is -0.941. The van der Waals surface area contributed by atoms with Crippen LogP contribution in [0.5, 0.6) is 28.7 Å². The maximum absolute atomic E-state index is 13.5. The molecule has 1 unspecified atom stereocenters. The van der Waals surface area contributed by atoms with E-state index in [9.17, 15) is 40.5 Å². The molecule has 1 aliphatic heterocycles. The zero-order valence-electron chi connectivity index (χ0n) is 18.4. The number of halogens is 1. The minimum Gasteiger partial charge on any atom is -0.507 e. The van der Waals surface area contributed by atoms with E-state index in [2.05, 4.69) is 15.9 Å². The van der Waals surface area contributed by atoms with Crippen LogP contribution < -0.4 is 14.9 Å². The fourth-order valence-corrected chi connectivity index (χ4v) is 3.90. The Bertz CT molecular complexity index is 1310. The predicted molar refractivity (Wildman–Crippen MR) is 127 cm³/mol. The number of rotatable bonds is 7. The second-order valence-corrected chi connectivity index (χ2v) is 8.75. The van der Waals surface area contributed by atoms with Crippen molar-refractivity contribution in [2.24, 2.45) is 0 Å². The van der Waals surface area contributed by atoms with Gasteiger partial charge in [-0.2, -0.15) is 0 Å². The molecule has 0 amide bonds. The molecular formula is C23H23BrO12. The van der Waals surface area contributed by atoms with Crippen molar-refractivity contribution in [2.75, 3.05) is 18.5 Å². The van der Waals surface area contributed by atoms with E-state index in [4.69, 9.17) is 18.6 Å². The fraction of sp³-hybridized carbons (Fsp3) is 0.348. The molecule has 0 aliphatic carbocycles. The Morgan fingerprint density at radius 3 is 2.36 bits per heavy atom. The summed E-state index contributed by atoms with van der Waals surface area (Å²) in [4.78, 5) is 13.5. The number of alkyl halides is 1. The summed E-state index contributed by atoms with van der Waals surface area (Å²) in [5.74, 6) is -2.14. The number of phenols is 3. The van der Waals surface area contributed by atoms with Crippen LogP contribution in [0.25, 0.3) is 22.3 Å². The van der Waals surface area contributed by atoms with Crippen LogP contribution in [-0.2, 0) is 4.74 Å². The molecule has 12 nitrogen and oxygen atoms in total. The maximum atomic E-state index is 13.5. The topological polar surface area (TPSA) is 200 Å². The summed E-state index contributed by atoms with van der Waals surface area (Å²) in [6.45, 7) is -0.472. The quantitative estimate of drug-likeness (QED) is 0.154. The van der Waals surface area contributed by atoms with E-state index in [0.29, 0.717) is 5.33 Å². The highest BCUT2D eigenvalue weighted by Gasteiger charge is 2.45. The van der Waals surface area contributed by atoms with Crippen molar-refractivity contribution >= 4 is 26.9 Å². The standard InChI is InChI=1S/C23H23BrO12/c24-3-4-33-10-6-13(28)16-14(7-10)34-21(9-1-2-11(26)12(27)5-9)22(18(16)30)36-23-20(32)19(31)17(29)15(8-25)35-23/h1-2,5-7,15,17,19-20,23,25-29,31-32H,3-4,8H2/t15-,17+,19+,20-,23?/m1/s1. The first-order chi connectivity index (χ1) is 17.2. The summed E-state index contributed by atoms with van der Waals surface area (Å²) in [6, 6.07) is 6.10. The zero-order chi connectivity index (χ0) is 26.1. The number of aliphatic hydroxyl groups is 4. The fourth-order valence-electron chi connectivity index (χ4n) is 3.74. The van der Waals surface area contributed by atoms with E-state index < -0.39 is 65.7 Å². The first kappa shape index (κ1) is 26.0. The Hall–Kier alpha value is -3.07. The lowest BCUT2D eigenvalue weighted by Crippen LogP contribution is -2.60. The van der Waals surface area contributed by atoms with Crippen LogP contribution in [0.3, 0.4) is 0 Å². The van der Waals surface area contributed by atoms with Gasteiger partial charge in [0.2, 0.25) is 17.5 Å². The van der Waals surface area contributed by atoms with Crippen LogP contribution in [0.2, 0.25) is 0 Å². The average molecular weight is 571 g/mol. The lowest BCUT2D eigenvalue weighted by atomic mass is 9.99. The first-order valence-corrected chi connectivity index (χ1v) is 11.8. The smallest absolute Gasteiger partial charge is 0.239 e. The molecule has 194 valence electrons. The van der Waals surface area contributed by atoms with E-state index in [0.717, 1.165) is 12.1 Å². The van der Waals surface area contributed by atoms with Gasteiger partial charge in [0.25, 0.3) is 0 Å². The summed E-state index contributed by atoms with van der Waals surface area (Å²) >= 11 is 3.22. The van der Waals surface area contributed by atoms with Crippen LogP contribution in [0.15, 0.2) is 39.5 Å². The van der Waals surface area contributed by atoms with Crippen LogP contribution >= 0.6 is 15.9 Å². The number of hydrogen-bond acceptors (Lipinski definition) is 12. The second-order valence-electron chi connectivity index (χ2n) is 7.96. The lowest BCUT2D eigenvalue weighted by Gasteiger charge is -2.39. The molecular weight excluding hydrogens is 548 g/mol. The highest BCUT2D eigenvalue weighted by atomic mass is 79.9. The molecule has 2 heterocycles. The molecule has 1 aromatic heterocycles. The predicted octanol–water partition coefficient (Wildman–Crippen LogP) is 0.529. The van der Waals surface area contributed by atoms with Gasteiger partial charge in [0.05, 0.1) is 13.2 Å². The molecule has 0 bridgehead atoms. The number of aromatic hydroxyl groups is 3. The monoisotopic (exact) mass is 570 g/mol. The van der Waals surface area contributed by atoms with E-state index in [1.807, 2.05) is 0 Å². The number of benzene rings is 2. The molecule has 0 radical (unpaired) electrons. The van der Waals surface area contributed by atoms with Gasteiger partial charge >= 0.3 is 0 Å². The minimum absolute atomic E-state index is 0.0650. The van der Waals surface area contributed by atoms with Crippen molar-refractivity contribution in [1.29, 1.82) is 0 Å². The molecule has 1 saturated heterocycles. The highest BCUT2D eigenvalue weighted by Crippen LogP contribution is 2.39. The van der Waals surface area contributed by atoms with Gasteiger partial charge in [-0.05, 0) is 18.2 Å². The van der Waals surface area contributed by atoms with Crippen LogP contribution in [0.4, 0.5) is 0 Å². The summed E-state index contributed by atoms with van der Waals surface area (Å²) in [7, 11) is 0. The molecule has 0 saturated carbocycles. The Morgan fingerprint density at radius 1 is 0.944 bits per heavy atom. The van der Waals surface area contributed by atoms with E-state index in [1.54, 1.807) is 0 Å². The van der Waals surface area contributed by atoms with Gasteiger partial charge in [0.1, 0.15) is 46.9 Å². The highest BCUT2D eigenvalue weighted by molar-refractivity contribution is 9.09. The van der Waals surface area contributed by atoms with Gasteiger partial charge in [-0.25, -0.2) is 0 Å². The minimum atomic E-state index is -1.84. The van der Waals surface area contributed by atoms with Crippen LogP contribution in [0.1, 0.15) is 0 Å². The number of ether oxygens (including phenoxy) is 3. The molecule has 0 spiro atoms. The van der Waals surface area contributed by atoms with Crippen molar-refractivity contribution in [3.63, 3.8) is 0 Å².